The molecule has 3 unspecified atom stereocenters. The quantitative estimate of drug-likeness (QED) is 0.448. The molecule has 1 N–H and O–H groups in total. The van der Waals surface area contributed by atoms with Gasteiger partial charge in [0.1, 0.15) is 12.2 Å². The number of aliphatic hydroxyl groups is 1. The molecule has 0 radical (unpaired) electrons. The van der Waals surface area contributed by atoms with Crippen molar-refractivity contribution in [3.8, 4) is 0 Å². The molecule has 0 aromatic carbocycles. The lowest BCUT2D eigenvalue weighted by Gasteiger charge is -1.95. The van der Waals surface area contributed by atoms with Gasteiger partial charge in [0.15, 0.2) is 0 Å². The monoisotopic (exact) mass is 128 g/mol. The van der Waals surface area contributed by atoms with Crippen molar-refractivity contribution in [1.29, 1.82) is 0 Å². The number of ether oxygens (including phenoxy) is 1. The van der Waals surface area contributed by atoms with Crippen LogP contribution >= 0.6 is 0 Å². The molecule has 1 saturated heterocycles. The maximum absolute atomic E-state index is 9.06. The molecule has 52 valence electrons. The van der Waals surface area contributed by atoms with Gasteiger partial charge in [0.25, 0.3) is 0 Å². The summed E-state index contributed by atoms with van der Waals surface area (Å²) in [5.41, 5.74) is 0. The number of epoxide rings is 1. The van der Waals surface area contributed by atoms with E-state index in [9.17, 15) is 0 Å². The SMILES string of the molecule is C=CC(O)C1OC1CC. The molecule has 1 fully saturated rings. The normalized spacial score (nSPS) is 35.8. The lowest BCUT2D eigenvalue weighted by Crippen LogP contribution is -2.12. The van der Waals surface area contributed by atoms with E-state index in [4.69, 9.17) is 9.84 Å². The van der Waals surface area contributed by atoms with E-state index in [0.717, 1.165) is 6.42 Å². The molecule has 0 aromatic heterocycles. The van der Waals surface area contributed by atoms with Crippen LogP contribution in [0.4, 0.5) is 0 Å². The highest BCUT2D eigenvalue weighted by molar-refractivity contribution is 4.97. The van der Waals surface area contributed by atoms with E-state index in [1.54, 1.807) is 0 Å². The molecular weight excluding hydrogens is 116 g/mol. The molecule has 9 heavy (non-hydrogen) atoms. The lowest BCUT2D eigenvalue weighted by molar-refractivity contribution is 0.178. The Bertz CT molecular complexity index is 111. The van der Waals surface area contributed by atoms with E-state index in [0.29, 0.717) is 0 Å². The van der Waals surface area contributed by atoms with Crippen LogP contribution in [-0.2, 0) is 4.74 Å². The van der Waals surface area contributed by atoms with Crippen molar-refractivity contribution in [2.24, 2.45) is 0 Å². The fourth-order valence-electron chi connectivity index (χ4n) is 0.920. The first-order valence-corrected chi connectivity index (χ1v) is 3.25. The van der Waals surface area contributed by atoms with Gasteiger partial charge in [-0.3, -0.25) is 0 Å². The summed E-state index contributed by atoms with van der Waals surface area (Å²) in [5, 5.41) is 9.06. The predicted molar refractivity (Wildman–Crippen MR) is 35.2 cm³/mol. The van der Waals surface area contributed by atoms with E-state index >= 15 is 0 Å². The highest BCUT2D eigenvalue weighted by Crippen LogP contribution is 2.28. The van der Waals surface area contributed by atoms with Crippen molar-refractivity contribution in [1.82, 2.24) is 0 Å². The van der Waals surface area contributed by atoms with Gasteiger partial charge in [-0.15, -0.1) is 6.58 Å². The third kappa shape index (κ3) is 1.32. The van der Waals surface area contributed by atoms with Gasteiger partial charge in [-0.25, -0.2) is 0 Å². The Balaban J connectivity index is 2.24. The molecule has 0 bridgehead atoms. The molecule has 0 aliphatic carbocycles. The highest BCUT2D eigenvalue weighted by Gasteiger charge is 2.41. The topological polar surface area (TPSA) is 32.8 Å². The maximum Gasteiger partial charge on any atom is 0.114 e. The van der Waals surface area contributed by atoms with E-state index < -0.39 is 6.10 Å². The minimum atomic E-state index is -0.463. The first-order chi connectivity index (χ1) is 4.29. The van der Waals surface area contributed by atoms with Gasteiger partial charge in [0.2, 0.25) is 0 Å². The summed E-state index contributed by atoms with van der Waals surface area (Å²) in [6, 6.07) is 0. The summed E-state index contributed by atoms with van der Waals surface area (Å²) in [5.74, 6) is 0. The molecule has 0 saturated carbocycles. The standard InChI is InChI=1S/C7H12O2/c1-3-5(8)7-6(4-2)9-7/h3,5-8H,1,4H2,2H3. The summed E-state index contributed by atoms with van der Waals surface area (Å²) >= 11 is 0. The van der Waals surface area contributed by atoms with Crippen LogP contribution in [0.15, 0.2) is 12.7 Å². The zero-order valence-corrected chi connectivity index (χ0v) is 5.58. The van der Waals surface area contributed by atoms with Crippen molar-refractivity contribution in [3.05, 3.63) is 12.7 Å². The molecule has 1 aliphatic heterocycles. The average molecular weight is 128 g/mol. The Morgan fingerprint density at radius 1 is 1.89 bits per heavy atom. The Morgan fingerprint density at radius 3 is 2.89 bits per heavy atom. The van der Waals surface area contributed by atoms with Crippen molar-refractivity contribution < 1.29 is 9.84 Å². The van der Waals surface area contributed by atoms with Gasteiger partial charge in [-0.2, -0.15) is 0 Å². The lowest BCUT2D eigenvalue weighted by atomic mass is 10.2. The molecule has 0 aromatic rings. The average Bonchev–Trinajstić information content (AvgIpc) is 2.64. The van der Waals surface area contributed by atoms with Crippen molar-refractivity contribution >= 4 is 0 Å². The summed E-state index contributed by atoms with van der Waals surface area (Å²) < 4.78 is 5.10. The van der Waals surface area contributed by atoms with Crippen LogP contribution in [0.25, 0.3) is 0 Å². The minimum absolute atomic E-state index is 0.0347. The van der Waals surface area contributed by atoms with Crippen LogP contribution in [-0.4, -0.2) is 23.4 Å². The molecule has 0 amide bonds. The molecule has 1 rings (SSSR count). The minimum Gasteiger partial charge on any atom is -0.386 e. The number of hydrogen-bond donors (Lipinski definition) is 1. The highest BCUT2D eigenvalue weighted by atomic mass is 16.6. The molecule has 2 nitrogen and oxygen atoms in total. The van der Waals surface area contributed by atoms with Gasteiger partial charge in [0, 0.05) is 0 Å². The van der Waals surface area contributed by atoms with Crippen LogP contribution in [0.2, 0.25) is 0 Å². The van der Waals surface area contributed by atoms with Crippen LogP contribution in [0.3, 0.4) is 0 Å². The Morgan fingerprint density at radius 2 is 2.56 bits per heavy atom. The molecular formula is C7H12O2. The van der Waals surface area contributed by atoms with Crippen molar-refractivity contribution in [2.45, 2.75) is 31.7 Å². The summed E-state index contributed by atoms with van der Waals surface area (Å²) in [7, 11) is 0. The molecule has 0 spiro atoms. The molecule has 1 aliphatic rings. The first-order valence-electron chi connectivity index (χ1n) is 3.25. The van der Waals surface area contributed by atoms with E-state index in [2.05, 4.69) is 6.58 Å². The van der Waals surface area contributed by atoms with Gasteiger partial charge in [0.05, 0.1) is 6.10 Å². The molecule has 3 atom stereocenters. The Hall–Kier alpha value is -0.340. The largest absolute Gasteiger partial charge is 0.386 e. The second-order valence-corrected chi connectivity index (χ2v) is 2.27. The fraction of sp³-hybridized carbons (Fsp3) is 0.714. The first kappa shape index (κ1) is 6.78. The zero-order valence-electron chi connectivity index (χ0n) is 5.58. The van der Waals surface area contributed by atoms with E-state index in [1.807, 2.05) is 6.92 Å². The van der Waals surface area contributed by atoms with Crippen molar-refractivity contribution in [2.75, 3.05) is 0 Å². The van der Waals surface area contributed by atoms with Gasteiger partial charge in [-0.1, -0.05) is 13.0 Å². The second-order valence-electron chi connectivity index (χ2n) is 2.27. The van der Waals surface area contributed by atoms with Crippen LogP contribution in [0.1, 0.15) is 13.3 Å². The molecule has 2 heteroatoms. The molecule has 1 heterocycles. The van der Waals surface area contributed by atoms with Gasteiger partial charge in [-0.05, 0) is 6.42 Å². The predicted octanol–water partition coefficient (Wildman–Crippen LogP) is 0.711. The van der Waals surface area contributed by atoms with Crippen LogP contribution in [0.5, 0.6) is 0 Å². The zero-order chi connectivity index (χ0) is 6.85. The smallest absolute Gasteiger partial charge is 0.114 e. The maximum atomic E-state index is 9.06. The van der Waals surface area contributed by atoms with Crippen LogP contribution in [0, 0.1) is 0 Å². The summed E-state index contributed by atoms with van der Waals surface area (Å²) in [4.78, 5) is 0. The summed E-state index contributed by atoms with van der Waals surface area (Å²) in [6.07, 6.45) is 2.34. The second kappa shape index (κ2) is 2.50. The fourth-order valence-corrected chi connectivity index (χ4v) is 0.920. The third-order valence-electron chi connectivity index (χ3n) is 1.60. The number of hydrogen-bond acceptors (Lipinski definition) is 2. The Kier molecular flexibility index (Phi) is 1.88. The number of rotatable bonds is 3. The van der Waals surface area contributed by atoms with Crippen molar-refractivity contribution in [3.63, 3.8) is 0 Å². The Labute approximate surface area is 55.1 Å². The summed E-state index contributed by atoms with van der Waals surface area (Å²) in [6.45, 7) is 5.50. The van der Waals surface area contributed by atoms with Gasteiger partial charge >= 0.3 is 0 Å². The van der Waals surface area contributed by atoms with E-state index in [-0.39, 0.29) is 12.2 Å². The number of aliphatic hydroxyl groups excluding tert-OH is 1. The third-order valence-corrected chi connectivity index (χ3v) is 1.60. The van der Waals surface area contributed by atoms with Crippen LogP contribution < -0.4 is 0 Å². The van der Waals surface area contributed by atoms with Gasteiger partial charge < -0.3 is 9.84 Å². The van der Waals surface area contributed by atoms with E-state index in [1.165, 1.54) is 6.08 Å².